The highest BCUT2D eigenvalue weighted by Crippen LogP contribution is 2.35. The Hall–Kier alpha value is -3.87. The first-order valence-corrected chi connectivity index (χ1v) is 11.0. The number of hydrogen-bond donors (Lipinski definition) is 1. The lowest BCUT2D eigenvalue weighted by atomic mass is 9.96. The highest BCUT2D eigenvalue weighted by molar-refractivity contribution is 6.07. The number of ether oxygens (including phenoxy) is 1. The van der Waals surface area contributed by atoms with Gasteiger partial charge in [0.05, 0.1) is 13.7 Å². The monoisotopic (exact) mass is 445 g/mol. The molecule has 0 saturated carbocycles. The zero-order chi connectivity index (χ0) is 23.5. The van der Waals surface area contributed by atoms with Crippen LogP contribution in [0, 0.1) is 0 Å². The van der Waals surface area contributed by atoms with Gasteiger partial charge in [0.2, 0.25) is 0 Å². The first-order chi connectivity index (χ1) is 15.9. The summed E-state index contributed by atoms with van der Waals surface area (Å²) in [4.78, 5) is 40.8. The second-order valence-electron chi connectivity index (χ2n) is 8.19. The van der Waals surface area contributed by atoms with Crippen LogP contribution in [0.1, 0.15) is 35.2 Å². The number of amides is 2. The van der Waals surface area contributed by atoms with Gasteiger partial charge in [0.15, 0.2) is 0 Å². The van der Waals surface area contributed by atoms with Crippen LogP contribution in [0.3, 0.4) is 0 Å². The summed E-state index contributed by atoms with van der Waals surface area (Å²) >= 11 is 0. The number of fused-ring (bicyclic) bond motifs is 1. The summed E-state index contributed by atoms with van der Waals surface area (Å²) in [5.74, 6) is -1.75. The second kappa shape index (κ2) is 9.32. The number of piperidine rings is 1. The topological polar surface area (TPSA) is 79.0 Å². The fourth-order valence-electron chi connectivity index (χ4n) is 4.33. The van der Waals surface area contributed by atoms with Gasteiger partial charge in [-0.05, 0) is 54.2 Å². The average molecular weight is 446 g/mol. The number of anilines is 1. The van der Waals surface area contributed by atoms with Crippen LogP contribution in [0.5, 0.6) is 0 Å². The molecule has 0 spiro atoms. The summed E-state index contributed by atoms with van der Waals surface area (Å²) in [6.45, 7) is 9.62. The van der Waals surface area contributed by atoms with Crippen LogP contribution in [-0.4, -0.2) is 42.9 Å². The minimum absolute atomic E-state index is 0.0624. The fourth-order valence-corrected chi connectivity index (χ4v) is 4.33. The summed E-state index contributed by atoms with van der Waals surface area (Å²) in [6.07, 6.45) is 3.72. The van der Waals surface area contributed by atoms with Gasteiger partial charge >= 0.3 is 5.97 Å². The molecule has 2 heterocycles. The second-order valence-corrected chi connectivity index (χ2v) is 8.19. The Labute approximate surface area is 193 Å². The third-order valence-corrected chi connectivity index (χ3v) is 6.15. The van der Waals surface area contributed by atoms with Crippen LogP contribution in [-0.2, 0) is 20.9 Å². The van der Waals surface area contributed by atoms with Crippen molar-refractivity contribution in [3.05, 3.63) is 78.1 Å². The number of esters is 1. The molecule has 1 N–H and O–H groups in total. The Morgan fingerprint density at radius 3 is 2.30 bits per heavy atom. The molecule has 1 saturated heterocycles. The van der Waals surface area contributed by atoms with E-state index in [4.69, 9.17) is 0 Å². The first-order valence-electron chi connectivity index (χ1n) is 11.0. The molecule has 2 aliphatic rings. The molecule has 33 heavy (non-hydrogen) atoms. The van der Waals surface area contributed by atoms with E-state index >= 15 is 0 Å². The highest BCUT2D eigenvalue weighted by Gasteiger charge is 2.33. The number of hydrogen-bond acceptors (Lipinski definition) is 5. The van der Waals surface area contributed by atoms with Crippen LogP contribution in [0.15, 0.2) is 67.0 Å². The van der Waals surface area contributed by atoms with Crippen LogP contribution in [0.4, 0.5) is 5.69 Å². The molecular weight excluding hydrogens is 418 g/mol. The molecule has 170 valence electrons. The normalized spacial score (nSPS) is 15.1. The minimum atomic E-state index is -0.762. The van der Waals surface area contributed by atoms with Gasteiger partial charge in [-0.1, -0.05) is 37.4 Å². The molecule has 0 radical (unpaired) electrons. The van der Waals surface area contributed by atoms with Gasteiger partial charge in [0.1, 0.15) is 11.4 Å². The molecule has 0 atom stereocenters. The summed E-state index contributed by atoms with van der Waals surface area (Å²) in [5.41, 5.74) is 4.26. The van der Waals surface area contributed by atoms with Crippen molar-refractivity contribution in [3.63, 3.8) is 0 Å². The van der Waals surface area contributed by atoms with E-state index in [-0.39, 0.29) is 23.8 Å². The molecule has 2 aromatic carbocycles. The number of nitrogens with one attached hydrogen (secondary N) is 1. The highest BCUT2D eigenvalue weighted by atomic mass is 16.5. The van der Waals surface area contributed by atoms with Crippen LogP contribution < -0.4 is 10.2 Å². The van der Waals surface area contributed by atoms with Crippen molar-refractivity contribution in [2.45, 2.75) is 25.8 Å². The lowest BCUT2D eigenvalue weighted by Gasteiger charge is -2.29. The molecule has 1 fully saturated rings. The van der Waals surface area contributed by atoms with Gasteiger partial charge in [-0.15, -0.1) is 0 Å². The van der Waals surface area contributed by atoms with Gasteiger partial charge < -0.3 is 15.0 Å². The lowest BCUT2D eigenvalue weighted by Crippen LogP contribution is -2.36. The zero-order valence-electron chi connectivity index (χ0n) is 18.7. The molecule has 2 aliphatic heterocycles. The van der Waals surface area contributed by atoms with E-state index in [9.17, 15) is 14.4 Å². The molecule has 0 bridgehead atoms. The van der Waals surface area contributed by atoms with E-state index in [2.05, 4.69) is 52.4 Å². The van der Waals surface area contributed by atoms with Crippen LogP contribution >= 0.6 is 0 Å². The zero-order valence-corrected chi connectivity index (χ0v) is 18.7. The maximum absolute atomic E-state index is 13.0. The molecule has 0 aromatic heterocycles. The van der Waals surface area contributed by atoms with Crippen molar-refractivity contribution in [2.75, 3.05) is 25.1 Å². The first kappa shape index (κ1) is 22.3. The fraction of sp³-hybridized carbons (Fsp3) is 0.269. The van der Waals surface area contributed by atoms with Crippen molar-refractivity contribution in [1.29, 1.82) is 0 Å². The predicted molar refractivity (Wildman–Crippen MR) is 126 cm³/mol. The Bertz CT molecular complexity index is 1130. The quantitative estimate of drug-likeness (QED) is 0.543. The Balaban J connectivity index is 1.54. The van der Waals surface area contributed by atoms with Gasteiger partial charge in [-0.3, -0.25) is 14.5 Å². The van der Waals surface area contributed by atoms with Crippen LogP contribution in [0.25, 0.3) is 11.1 Å². The van der Waals surface area contributed by atoms with Gasteiger partial charge in [0, 0.05) is 24.3 Å². The van der Waals surface area contributed by atoms with E-state index in [1.165, 1.54) is 37.0 Å². The Morgan fingerprint density at radius 1 is 0.970 bits per heavy atom. The van der Waals surface area contributed by atoms with Crippen molar-refractivity contribution < 1.29 is 19.1 Å². The Kier molecular flexibility index (Phi) is 6.31. The predicted octanol–water partition coefficient (Wildman–Crippen LogP) is 3.62. The van der Waals surface area contributed by atoms with Crippen molar-refractivity contribution in [2.24, 2.45) is 0 Å². The van der Waals surface area contributed by atoms with E-state index in [1.807, 2.05) is 12.1 Å². The number of nitrogens with zero attached hydrogens (tertiary/aromatic N) is 2. The maximum atomic E-state index is 13.0. The summed E-state index contributed by atoms with van der Waals surface area (Å²) in [7, 11) is 1.19. The van der Waals surface area contributed by atoms with Gasteiger partial charge in [0.25, 0.3) is 11.8 Å². The summed E-state index contributed by atoms with van der Waals surface area (Å²) < 4.78 is 4.54. The number of rotatable bonds is 6. The Morgan fingerprint density at radius 2 is 1.64 bits per heavy atom. The molecular formula is C26H27N3O4. The lowest BCUT2D eigenvalue weighted by molar-refractivity contribution is -0.137. The summed E-state index contributed by atoms with van der Waals surface area (Å²) in [5, 5.41) is 2.33. The SMILES string of the molecule is C=C(NC(=O)C(=C)N1Cc2c(cccc2-c2ccc(N3CCCCC3)cc2)C1=O)C(=O)OC. The summed E-state index contributed by atoms with van der Waals surface area (Å²) in [6, 6.07) is 14.0. The van der Waals surface area contributed by atoms with Crippen LogP contribution in [0.2, 0.25) is 0 Å². The number of carbonyl (C=O) groups is 3. The van der Waals surface area contributed by atoms with Crippen molar-refractivity contribution in [1.82, 2.24) is 10.2 Å². The van der Waals surface area contributed by atoms with E-state index in [1.54, 1.807) is 6.07 Å². The molecule has 4 rings (SSSR count). The number of benzene rings is 2. The smallest absolute Gasteiger partial charge is 0.353 e. The standard InChI is InChI=1S/C26H27N3O4/c1-17(26(32)33-3)27-24(30)18(2)29-16-23-21(8-7-9-22(23)25(29)31)19-10-12-20(13-11-19)28-14-5-4-6-15-28/h7-13H,1-2,4-6,14-16H2,3H3,(H,27,30). The van der Waals surface area contributed by atoms with E-state index in [0.717, 1.165) is 29.8 Å². The largest absolute Gasteiger partial charge is 0.464 e. The van der Waals surface area contributed by atoms with Crippen molar-refractivity contribution in [3.8, 4) is 11.1 Å². The molecule has 2 amide bonds. The third-order valence-electron chi connectivity index (χ3n) is 6.15. The van der Waals surface area contributed by atoms with Crippen molar-refractivity contribution >= 4 is 23.5 Å². The van der Waals surface area contributed by atoms with Gasteiger partial charge in [-0.25, -0.2) is 4.79 Å². The molecule has 2 aromatic rings. The molecule has 7 heteroatoms. The maximum Gasteiger partial charge on any atom is 0.353 e. The molecule has 7 nitrogen and oxygen atoms in total. The average Bonchev–Trinajstić information content (AvgIpc) is 3.20. The van der Waals surface area contributed by atoms with Gasteiger partial charge in [-0.2, -0.15) is 0 Å². The number of methoxy groups -OCH3 is 1. The molecule has 0 unspecified atom stereocenters. The third kappa shape index (κ3) is 4.39. The van der Waals surface area contributed by atoms with E-state index in [0.29, 0.717) is 5.56 Å². The molecule has 0 aliphatic carbocycles. The number of carbonyl (C=O) groups excluding carboxylic acids is 3. The van der Waals surface area contributed by atoms with E-state index < -0.39 is 11.9 Å². The minimum Gasteiger partial charge on any atom is -0.464 e.